The molecule has 2 aromatic rings. The molecule has 0 aliphatic carbocycles. The predicted octanol–water partition coefficient (Wildman–Crippen LogP) is 3.78. The molecule has 3 nitrogen and oxygen atoms in total. The molecule has 4 heterocycles. The van der Waals surface area contributed by atoms with Crippen LogP contribution in [0.2, 0.25) is 0 Å². The van der Waals surface area contributed by atoms with Crippen LogP contribution in [0.5, 0.6) is 0 Å². The summed E-state index contributed by atoms with van der Waals surface area (Å²) in [6.07, 6.45) is 4.39. The third-order valence-corrected chi connectivity index (χ3v) is 5.42. The van der Waals surface area contributed by atoms with Crippen molar-refractivity contribution >= 4 is 5.69 Å². The highest BCUT2D eigenvalue weighted by atomic mass is 19.1. The van der Waals surface area contributed by atoms with Crippen LogP contribution in [0.3, 0.4) is 0 Å². The molecule has 0 saturated carbocycles. The van der Waals surface area contributed by atoms with Crippen molar-refractivity contribution in [3.05, 3.63) is 48.4 Å². The van der Waals surface area contributed by atoms with Gasteiger partial charge in [0, 0.05) is 17.6 Å². The van der Waals surface area contributed by atoms with Crippen molar-refractivity contribution in [1.29, 1.82) is 0 Å². The third kappa shape index (κ3) is 2.72. The Morgan fingerprint density at radius 1 is 1.13 bits per heavy atom. The normalized spacial score (nSPS) is 29.5. The smallest absolute Gasteiger partial charge is 0.132 e. The molecule has 0 spiro atoms. The van der Waals surface area contributed by atoms with Crippen LogP contribution in [-0.2, 0) is 0 Å². The van der Waals surface area contributed by atoms with Gasteiger partial charge < -0.3 is 5.32 Å². The van der Waals surface area contributed by atoms with Crippen LogP contribution in [0.15, 0.2) is 42.6 Å². The Balaban J connectivity index is 1.52. The predicted molar refractivity (Wildman–Crippen MR) is 90.8 cm³/mol. The van der Waals surface area contributed by atoms with Gasteiger partial charge in [0.25, 0.3) is 0 Å². The zero-order chi connectivity index (χ0) is 15.8. The summed E-state index contributed by atoms with van der Waals surface area (Å²) in [7, 11) is 0. The Bertz CT molecular complexity index is 675. The van der Waals surface area contributed by atoms with Gasteiger partial charge >= 0.3 is 0 Å². The van der Waals surface area contributed by atoms with Crippen LogP contribution >= 0.6 is 0 Å². The van der Waals surface area contributed by atoms with Gasteiger partial charge in [-0.25, -0.2) is 4.39 Å². The number of pyridine rings is 1. The first-order valence-electron chi connectivity index (χ1n) is 8.44. The van der Waals surface area contributed by atoms with E-state index in [1.165, 1.54) is 32.0 Å². The molecule has 1 aromatic carbocycles. The maximum absolute atomic E-state index is 13.8. The van der Waals surface area contributed by atoms with Crippen LogP contribution in [-0.4, -0.2) is 35.1 Å². The molecule has 2 bridgehead atoms. The number of anilines is 1. The molecule has 0 unspecified atom stereocenters. The number of rotatable bonds is 3. The topological polar surface area (TPSA) is 28.2 Å². The van der Waals surface area contributed by atoms with Crippen LogP contribution in [0.1, 0.15) is 19.8 Å². The van der Waals surface area contributed by atoms with Crippen molar-refractivity contribution in [1.82, 2.24) is 9.88 Å². The molecule has 3 saturated heterocycles. The average molecular weight is 311 g/mol. The average Bonchev–Trinajstić information content (AvgIpc) is 2.60. The Labute approximate surface area is 136 Å². The fraction of sp³-hybridized carbons (Fsp3) is 0.421. The molecule has 3 aliphatic rings. The van der Waals surface area contributed by atoms with E-state index < -0.39 is 0 Å². The molecular formula is C19H22FN3. The third-order valence-electron chi connectivity index (χ3n) is 5.42. The van der Waals surface area contributed by atoms with Crippen molar-refractivity contribution in [3.63, 3.8) is 0 Å². The first kappa shape index (κ1) is 14.6. The minimum atomic E-state index is -0.230. The number of benzene rings is 1. The van der Waals surface area contributed by atoms with Gasteiger partial charge in [-0.15, -0.1) is 0 Å². The van der Waals surface area contributed by atoms with Crippen LogP contribution < -0.4 is 5.32 Å². The summed E-state index contributed by atoms with van der Waals surface area (Å²) >= 11 is 0. The lowest BCUT2D eigenvalue weighted by atomic mass is 9.79. The van der Waals surface area contributed by atoms with E-state index in [0.29, 0.717) is 23.3 Å². The zero-order valence-electron chi connectivity index (χ0n) is 13.4. The molecule has 1 aromatic heterocycles. The summed E-state index contributed by atoms with van der Waals surface area (Å²) in [5.41, 5.74) is 2.25. The van der Waals surface area contributed by atoms with Crippen molar-refractivity contribution in [2.45, 2.75) is 31.8 Å². The summed E-state index contributed by atoms with van der Waals surface area (Å²) in [6.45, 7) is 4.77. The molecule has 5 rings (SSSR count). The standard InChI is InChI=1S/C19H22FN3/c1-13-19(14-8-10-23(13)11-9-14)22-15-6-7-18(21-12-15)16-4-2-3-5-17(16)20/h2-7,12-14,19,22H,8-11H2,1H3/t13-,19+/m1/s1. The van der Waals surface area contributed by atoms with Crippen molar-refractivity contribution in [3.8, 4) is 11.3 Å². The van der Waals surface area contributed by atoms with E-state index in [-0.39, 0.29) is 5.82 Å². The Kier molecular flexibility index (Phi) is 3.77. The lowest BCUT2D eigenvalue weighted by Gasteiger charge is -2.50. The summed E-state index contributed by atoms with van der Waals surface area (Å²) in [5.74, 6) is 0.521. The summed E-state index contributed by atoms with van der Waals surface area (Å²) in [6, 6.07) is 11.7. The second-order valence-electron chi connectivity index (χ2n) is 6.70. The molecule has 120 valence electrons. The van der Waals surface area contributed by atoms with E-state index in [0.717, 1.165) is 11.6 Å². The van der Waals surface area contributed by atoms with Crippen LogP contribution in [0.25, 0.3) is 11.3 Å². The summed E-state index contributed by atoms with van der Waals surface area (Å²) < 4.78 is 13.8. The van der Waals surface area contributed by atoms with E-state index in [2.05, 4.69) is 22.1 Å². The molecule has 0 amide bonds. The molecule has 4 heteroatoms. The number of nitrogens with zero attached hydrogens (tertiary/aromatic N) is 2. The SMILES string of the molecule is C[C@@H]1[C@H](Nc2ccc(-c3ccccc3F)nc2)C2CCN1CC2. The molecule has 3 fully saturated rings. The molecule has 0 radical (unpaired) electrons. The van der Waals surface area contributed by atoms with Gasteiger partial charge in [-0.05, 0) is 63.0 Å². The second-order valence-corrected chi connectivity index (χ2v) is 6.70. The molecule has 1 N–H and O–H groups in total. The van der Waals surface area contributed by atoms with E-state index in [9.17, 15) is 4.39 Å². The van der Waals surface area contributed by atoms with Crippen molar-refractivity contribution < 1.29 is 4.39 Å². The van der Waals surface area contributed by atoms with Gasteiger partial charge in [-0.2, -0.15) is 0 Å². The van der Waals surface area contributed by atoms with Gasteiger partial charge in [0.05, 0.1) is 17.6 Å². The Hall–Kier alpha value is -1.94. The Morgan fingerprint density at radius 2 is 1.91 bits per heavy atom. The van der Waals surface area contributed by atoms with E-state index >= 15 is 0 Å². The highest BCUT2D eigenvalue weighted by molar-refractivity contribution is 5.61. The fourth-order valence-electron chi connectivity index (χ4n) is 4.05. The first-order valence-corrected chi connectivity index (χ1v) is 8.44. The second kappa shape index (κ2) is 5.93. The molecule has 23 heavy (non-hydrogen) atoms. The minimum absolute atomic E-state index is 0.230. The Morgan fingerprint density at radius 3 is 2.57 bits per heavy atom. The van der Waals surface area contributed by atoms with Gasteiger partial charge in [-0.1, -0.05) is 12.1 Å². The van der Waals surface area contributed by atoms with Gasteiger partial charge in [0.15, 0.2) is 0 Å². The largest absolute Gasteiger partial charge is 0.379 e. The van der Waals surface area contributed by atoms with E-state index in [4.69, 9.17) is 0 Å². The number of hydrogen-bond acceptors (Lipinski definition) is 3. The number of piperidine rings is 3. The minimum Gasteiger partial charge on any atom is -0.379 e. The number of halogens is 1. The van der Waals surface area contributed by atoms with Crippen LogP contribution in [0, 0.1) is 11.7 Å². The first-order chi connectivity index (χ1) is 11.2. The highest BCUT2D eigenvalue weighted by Gasteiger charge is 2.39. The molecule has 3 aliphatic heterocycles. The van der Waals surface area contributed by atoms with Crippen LogP contribution in [0.4, 0.5) is 10.1 Å². The maximum atomic E-state index is 13.8. The van der Waals surface area contributed by atoms with Gasteiger partial charge in [0.2, 0.25) is 0 Å². The quantitative estimate of drug-likeness (QED) is 0.935. The number of aromatic nitrogens is 1. The summed E-state index contributed by atoms with van der Waals surface area (Å²) in [5, 5.41) is 3.66. The van der Waals surface area contributed by atoms with Crippen molar-refractivity contribution in [2.24, 2.45) is 5.92 Å². The maximum Gasteiger partial charge on any atom is 0.132 e. The number of fused-ring (bicyclic) bond motifs is 3. The molecule has 2 atom stereocenters. The van der Waals surface area contributed by atoms with Crippen molar-refractivity contribution in [2.75, 3.05) is 18.4 Å². The molecular weight excluding hydrogens is 289 g/mol. The van der Waals surface area contributed by atoms with Gasteiger partial charge in [0.1, 0.15) is 5.82 Å². The lowest BCUT2D eigenvalue weighted by molar-refractivity contribution is 0.0458. The lowest BCUT2D eigenvalue weighted by Crippen LogP contribution is -2.59. The monoisotopic (exact) mass is 311 g/mol. The zero-order valence-corrected chi connectivity index (χ0v) is 13.4. The fourth-order valence-corrected chi connectivity index (χ4v) is 4.05. The number of nitrogens with one attached hydrogen (secondary N) is 1. The van der Waals surface area contributed by atoms with E-state index in [1.54, 1.807) is 12.1 Å². The summed E-state index contributed by atoms with van der Waals surface area (Å²) in [4.78, 5) is 7.01. The van der Waals surface area contributed by atoms with Gasteiger partial charge in [-0.3, -0.25) is 9.88 Å². The van der Waals surface area contributed by atoms with E-state index in [1.807, 2.05) is 24.4 Å². The highest BCUT2D eigenvalue weighted by Crippen LogP contribution is 2.34. The number of hydrogen-bond donors (Lipinski definition) is 1.